The Morgan fingerprint density at radius 2 is 0.667 bits per heavy atom. The summed E-state index contributed by atoms with van der Waals surface area (Å²) in [6.07, 6.45) is 0. The SMILES string of the molecule is C=[CH][Zr+3].C=[CH][Zr+3].O=[PH]([O-])[O-].O=[PH]([O-])[O-].O=[PH]([O-])[O-]. The minimum absolute atomic E-state index is 1.40. The molecule has 14 heteroatoms. The van der Waals surface area contributed by atoms with Crippen molar-refractivity contribution in [3.8, 4) is 0 Å². The van der Waals surface area contributed by atoms with Gasteiger partial charge in [-0.1, -0.05) is 24.8 Å². The fourth-order valence-electron chi connectivity index (χ4n) is 0. The Hall–Kier alpha value is 1.70. The Kier molecular flexibility index (Phi) is 64.3. The molecule has 0 aliphatic rings. The predicted octanol–water partition coefficient (Wildman–Crippen LogP) is -4.36. The van der Waals surface area contributed by atoms with Gasteiger partial charge >= 0.3 is 70.2 Å². The van der Waals surface area contributed by atoms with E-state index in [-0.39, 0.29) is 0 Å². The van der Waals surface area contributed by atoms with E-state index in [1.54, 1.807) is 0 Å². The van der Waals surface area contributed by atoms with Gasteiger partial charge in [-0.2, -0.15) is 0 Å². The van der Waals surface area contributed by atoms with Crippen LogP contribution in [-0.4, -0.2) is 0 Å². The second kappa shape index (κ2) is 36.3. The minimum Gasteiger partial charge on any atom is -0.813 e. The van der Waals surface area contributed by atoms with Crippen LogP contribution in [-0.2, 0) is 63.1 Å². The molecule has 0 aromatic heterocycles. The van der Waals surface area contributed by atoms with Crippen LogP contribution >= 0.6 is 24.8 Å². The van der Waals surface area contributed by atoms with Gasteiger partial charge in [0.1, 0.15) is 0 Å². The molecule has 0 N–H and O–H groups in total. The Morgan fingerprint density at radius 1 is 0.667 bits per heavy atom. The molecule has 9 nitrogen and oxygen atoms in total. The summed E-state index contributed by atoms with van der Waals surface area (Å²) in [5, 5.41) is 0. The zero-order valence-electron chi connectivity index (χ0n) is 8.74. The third kappa shape index (κ3) is 1710. The summed E-state index contributed by atoms with van der Waals surface area (Å²) >= 11 is 2.80. The molecule has 0 amide bonds. The third-order valence-electron chi connectivity index (χ3n) is 0. The topological polar surface area (TPSA) is 190 Å². The average Bonchev–Trinajstić information content (AvgIpc) is 2.00. The standard InChI is InChI=1S/2C2H3.3H3O3P.2Zr/c2*1-2;3*1-4(2)3;;/h2*1H,2H2;3*4H,(H2,1,2,3);;/q;;;;;2*+3/p-6. The summed E-state index contributed by atoms with van der Waals surface area (Å²) in [5.41, 5.74) is 0. The van der Waals surface area contributed by atoms with Gasteiger partial charge < -0.3 is 43.1 Å². The van der Waals surface area contributed by atoms with Gasteiger partial charge in [0.2, 0.25) is 0 Å². The maximum absolute atomic E-state index is 8.52. The first kappa shape index (κ1) is 31.9. The van der Waals surface area contributed by atoms with Crippen molar-refractivity contribution < 1.29 is 92.5 Å². The monoisotopic (exact) mass is 474 g/mol. The zero-order valence-corrected chi connectivity index (χ0v) is 16.7. The predicted molar refractivity (Wildman–Crippen MR) is 47.4 cm³/mol. The second-order valence-electron chi connectivity index (χ2n) is 1.16. The maximum atomic E-state index is 8.52. The van der Waals surface area contributed by atoms with E-state index in [9.17, 15) is 0 Å². The van der Waals surface area contributed by atoms with E-state index >= 15 is 0 Å². The van der Waals surface area contributed by atoms with Crippen LogP contribution in [0.5, 0.6) is 0 Å². The normalized spacial score (nSPS) is 7.39. The summed E-state index contributed by atoms with van der Waals surface area (Å²) in [6.45, 7) is 6.80. The van der Waals surface area contributed by atoms with E-state index < -0.39 is 24.8 Å². The maximum Gasteiger partial charge on any atom is -0.0813 e. The fourth-order valence-corrected chi connectivity index (χ4v) is 0. The van der Waals surface area contributed by atoms with Crippen molar-refractivity contribution in [2.75, 3.05) is 0 Å². The molecule has 0 fully saturated rings. The van der Waals surface area contributed by atoms with Gasteiger partial charge in [-0.25, -0.2) is 0 Å². The van der Waals surface area contributed by atoms with Crippen molar-refractivity contribution in [1.82, 2.24) is 0 Å². The van der Waals surface area contributed by atoms with Crippen LogP contribution in [0.2, 0.25) is 0 Å². The van der Waals surface area contributed by atoms with Crippen LogP contribution in [0, 0.1) is 0 Å². The third-order valence-corrected chi connectivity index (χ3v) is 0. The quantitative estimate of drug-likeness (QED) is 0.311. The first-order chi connectivity index (χ1) is 8.02. The Labute approximate surface area is 137 Å². The molecule has 0 saturated carbocycles. The van der Waals surface area contributed by atoms with Gasteiger partial charge in [0.15, 0.2) is 0 Å². The van der Waals surface area contributed by atoms with Crippen molar-refractivity contribution in [3.63, 3.8) is 0 Å². The van der Waals surface area contributed by atoms with Gasteiger partial charge in [0.05, 0.1) is 0 Å². The van der Waals surface area contributed by atoms with Crippen molar-refractivity contribution in [2.45, 2.75) is 0 Å². The fraction of sp³-hybridized carbons (Fsp3) is 0. The second-order valence-corrected chi connectivity index (χ2v) is 4.67. The van der Waals surface area contributed by atoms with Crippen molar-refractivity contribution in [1.29, 1.82) is 0 Å². The smallest absolute Gasteiger partial charge is 0.0813 e. The van der Waals surface area contributed by atoms with Crippen LogP contribution in [0.4, 0.5) is 0 Å². The molecule has 0 unspecified atom stereocenters. The zero-order chi connectivity index (χ0) is 16.1. The van der Waals surface area contributed by atoms with E-state index in [1.165, 1.54) is 49.4 Å². The van der Waals surface area contributed by atoms with Crippen LogP contribution in [0.15, 0.2) is 20.7 Å². The van der Waals surface area contributed by atoms with E-state index in [0.29, 0.717) is 0 Å². The molecule has 0 rings (SSSR count). The Balaban J connectivity index is -0.0000000394. The molecule has 0 atom stereocenters. The van der Waals surface area contributed by atoms with Gasteiger partial charge in [0, 0.05) is 0 Å². The van der Waals surface area contributed by atoms with Crippen molar-refractivity contribution in [2.24, 2.45) is 0 Å². The molecule has 0 aliphatic carbocycles. The summed E-state index contributed by atoms with van der Waals surface area (Å²) in [6, 6.07) is 0. The molecule has 0 bridgehead atoms. The average molecular weight is 476 g/mol. The summed E-state index contributed by atoms with van der Waals surface area (Å²) in [7, 11) is -10.9. The Bertz CT molecular complexity index is 189. The largest absolute Gasteiger partial charge is 0.813 e. The van der Waals surface area contributed by atoms with Gasteiger partial charge in [0.25, 0.3) is 0 Å². The van der Waals surface area contributed by atoms with Crippen LogP contribution in [0.25, 0.3) is 0 Å². The van der Waals surface area contributed by atoms with Crippen LogP contribution < -0.4 is 29.4 Å². The van der Waals surface area contributed by atoms with Crippen LogP contribution in [0.3, 0.4) is 0 Å². The first-order valence-electron chi connectivity index (χ1n) is 3.23. The molecule has 0 radical (unpaired) electrons. The molecule has 18 heavy (non-hydrogen) atoms. The molecule has 0 saturated heterocycles. The number of hydrogen-bond acceptors (Lipinski definition) is 9. The van der Waals surface area contributed by atoms with Crippen molar-refractivity contribution in [3.05, 3.63) is 20.7 Å². The Morgan fingerprint density at radius 3 is 0.667 bits per heavy atom. The summed E-state index contributed by atoms with van der Waals surface area (Å²) < 4.78 is 29.2. The van der Waals surface area contributed by atoms with Gasteiger partial charge in [-0.05, 0) is 0 Å². The van der Waals surface area contributed by atoms with E-state index in [4.69, 9.17) is 43.1 Å². The van der Waals surface area contributed by atoms with Crippen LogP contribution in [0.1, 0.15) is 0 Å². The molecule has 0 aromatic carbocycles. The molecule has 102 valence electrons. The summed E-state index contributed by atoms with van der Waals surface area (Å²) in [4.78, 5) is 51.1. The van der Waals surface area contributed by atoms with E-state index in [0.717, 1.165) is 0 Å². The first-order valence-corrected chi connectivity index (χ1v) is 9.74. The van der Waals surface area contributed by atoms with Crippen molar-refractivity contribution >= 4 is 24.8 Å². The van der Waals surface area contributed by atoms with E-state index in [1.807, 2.05) is 7.57 Å². The molecular weight excluding hydrogens is 467 g/mol. The molecule has 0 heterocycles. The molecule has 0 aromatic rings. The molecule has 0 spiro atoms. The number of hydrogen-bond donors (Lipinski definition) is 0. The number of rotatable bonds is 0. The molecule has 0 aliphatic heterocycles. The van der Waals surface area contributed by atoms with E-state index in [2.05, 4.69) is 13.2 Å². The minimum atomic E-state index is -3.63. The van der Waals surface area contributed by atoms with Gasteiger partial charge in [-0.15, -0.1) is 0 Å². The molecular formula is C4H9O9P3Zr2. The summed E-state index contributed by atoms with van der Waals surface area (Å²) in [5.74, 6) is 0. The van der Waals surface area contributed by atoms with Gasteiger partial charge in [-0.3, -0.25) is 0 Å².